The highest BCUT2D eigenvalue weighted by Crippen LogP contribution is 2.35. The van der Waals surface area contributed by atoms with Gasteiger partial charge in [-0.15, -0.1) is 0 Å². The second-order valence-corrected chi connectivity index (χ2v) is 5.74. The van der Waals surface area contributed by atoms with Crippen molar-refractivity contribution in [2.75, 3.05) is 13.7 Å². The third-order valence-electron chi connectivity index (χ3n) is 3.78. The molecule has 2 aromatic rings. The van der Waals surface area contributed by atoms with E-state index in [4.69, 9.17) is 21.1 Å². The molecule has 0 spiro atoms. The molecule has 22 heavy (non-hydrogen) atoms. The lowest BCUT2D eigenvalue weighted by atomic mass is 10.0. The highest BCUT2D eigenvalue weighted by molar-refractivity contribution is 6.32. The molecular weight excluding hydrogens is 302 g/mol. The number of nitrogens with one attached hydrogen (secondary N) is 1. The largest absolute Gasteiger partial charge is 0.503 e. The quantitative estimate of drug-likeness (QED) is 0.909. The smallest absolute Gasteiger partial charge is 0.176 e. The molecule has 2 aromatic carbocycles. The Morgan fingerprint density at radius 3 is 3.00 bits per heavy atom. The molecule has 1 atom stereocenters. The zero-order chi connectivity index (χ0) is 15.5. The lowest BCUT2D eigenvalue weighted by Gasteiger charge is -2.26. The molecule has 5 heteroatoms. The first-order valence-electron chi connectivity index (χ1n) is 7.17. The van der Waals surface area contributed by atoms with Gasteiger partial charge in [-0.3, -0.25) is 0 Å². The number of aromatic hydroxyl groups is 1. The first-order chi connectivity index (χ1) is 10.7. The number of phenolic OH excluding ortho intramolecular Hbond substituents is 1. The highest BCUT2D eigenvalue weighted by Gasteiger charge is 2.19. The van der Waals surface area contributed by atoms with Crippen molar-refractivity contribution in [2.24, 2.45) is 0 Å². The Morgan fingerprint density at radius 1 is 1.36 bits per heavy atom. The van der Waals surface area contributed by atoms with Gasteiger partial charge in [0.25, 0.3) is 0 Å². The summed E-state index contributed by atoms with van der Waals surface area (Å²) >= 11 is 6.00. The number of phenols is 1. The van der Waals surface area contributed by atoms with E-state index in [1.165, 1.54) is 12.7 Å². The summed E-state index contributed by atoms with van der Waals surface area (Å²) in [5.74, 6) is 1.33. The molecule has 4 nitrogen and oxygen atoms in total. The van der Waals surface area contributed by atoms with E-state index in [9.17, 15) is 5.11 Å². The monoisotopic (exact) mass is 319 g/mol. The topological polar surface area (TPSA) is 50.7 Å². The van der Waals surface area contributed by atoms with Crippen LogP contribution in [0.4, 0.5) is 0 Å². The van der Waals surface area contributed by atoms with Crippen LogP contribution in [0.2, 0.25) is 5.02 Å². The van der Waals surface area contributed by atoms with Crippen molar-refractivity contribution in [1.82, 2.24) is 5.32 Å². The maximum atomic E-state index is 9.75. The summed E-state index contributed by atoms with van der Waals surface area (Å²) in [6.45, 7) is 1.27. The van der Waals surface area contributed by atoms with Gasteiger partial charge in [-0.1, -0.05) is 29.8 Å². The molecule has 0 aliphatic carbocycles. The van der Waals surface area contributed by atoms with Crippen LogP contribution in [0.5, 0.6) is 17.2 Å². The first kappa shape index (κ1) is 15.0. The number of hydrogen-bond acceptors (Lipinski definition) is 4. The molecule has 0 saturated carbocycles. The number of para-hydroxylation sites is 1. The third kappa shape index (κ3) is 3.13. The maximum absolute atomic E-state index is 9.75. The summed E-state index contributed by atoms with van der Waals surface area (Å²) in [5.41, 5.74) is 2.17. The zero-order valence-electron chi connectivity index (χ0n) is 12.3. The van der Waals surface area contributed by atoms with Gasteiger partial charge in [0.15, 0.2) is 11.5 Å². The number of rotatable bonds is 4. The molecule has 1 aliphatic heterocycles. The Labute approximate surface area is 134 Å². The first-order valence-corrected chi connectivity index (χ1v) is 7.54. The summed E-state index contributed by atoms with van der Waals surface area (Å²) in [6.07, 6.45) is 0.930. The van der Waals surface area contributed by atoms with Crippen molar-refractivity contribution in [3.05, 3.63) is 52.5 Å². The van der Waals surface area contributed by atoms with Crippen LogP contribution >= 0.6 is 11.6 Å². The second kappa shape index (κ2) is 6.46. The molecule has 1 heterocycles. The van der Waals surface area contributed by atoms with Gasteiger partial charge < -0.3 is 19.9 Å². The average Bonchev–Trinajstić information content (AvgIpc) is 2.55. The van der Waals surface area contributed by atoms with Crippen LogP contribution in [0.25, 0.3) is 0 Å². The number of ether oxygens (including phenoxy) is 2. The van der Waals surface area contributed by atoms with Gasteiger partial charge in [-0.2, -0.15) is 0 Å². The predicted molar refractivity (Wildman–Crippen MR) is 85.9 cm³/mol. The molecule has 0 bridgehead atoms. The highest BCUT2D eigenvalue weighted by atomic mass is 35.5. The predicted octanol–water partition coefficient (Wildman–Crippen LogP) is 3.15. The SMILES string of the molecule is COc1cc(CN[C@H]2COc3ccccc3C2)cc(Cl)c1O. The van der Waals surface area contributed by atoms with Crippen LogP contribution in [0.15, 0.2) is 36.4 Å². The minimum Gasteiger partial charge on any atom is -0.503 e. The molecule has 0 amide bonds. The van der Waals surface area contributed by atoms with E-state index < -0.39 is 0 Å². The fraction of sp³-hybridized carbons (Fsp3) is 0.294. The van der Waals surface area contributed by atoms with Crippen LogP contribution in [-0.4, -0.2) is 24.9 Å². The van der Waals surface area contributed by atoms with E-state index in [1.807, 2.05) is 18.2 Å². The molecular formula is C17H18ClNO3. The molecule has 0 radical (unpaired) electrons. The molecule has 116 valence electrons. The lowest BCUT2D eigenvalue weighted by Crippen LogP contribution is -2.38. The molecule has 0 unspecified atom stereocenters. The van der Waals surface area contributed by atoms with E-state index >= 15 is 0 Å². The van der Waals surface area contributed by atoms with Gasteiger partial charge in [0, 0.05) is 12.6 Å². The number of fused-ring (bicyclic) bond motifs is 1. The summed E-state index contributed by atoms with van der Waals surface area (Å²) < 4.78 is 10.9. The Morgan fingerprint density at radius 2 is 2.18 bits per heavy atom. The van der Waals surface area contributed by atoms with Gasteiger partial charge in [-0.05, 0) is 35.7 Å². The molecule has 0 fully saturated rings. The van der Waals surface area contributed by atoms with E-state index in [2.05, 4.69) is 11.4 Å². The van der Waals surface area contributed by atoms with Gasteiger partial charge in [0.05, 0.1) is 12.1 Å². The maximum Gasteiger partial charge on any atom is 0.176 e. The van der Waals surface area contributed by atoms with Crippen molar-refractivity contribution in [1.29, 1.82) is 0 Å². The minimum absolute atomic E-state index is 0.0251. The minimum atomic E-state index is -0.0251. The normalized spacial score (nSPS) is 16.7. The van der Waals surface area contributed by atoms with Crippen molar-refractivity contribution >= 4 is 11.6 Å². The number of benzene rings is 2. The Kier molecular flexibility index (Phi) is 4.41. The van der Waals surface area contributed by atoms with Crippen LogP contribution in [0, 0.1) is 0 Å². The van der Waals surface area contributed by atoms with Crippen LogP contribution < -0.4 is 14.8 Å². The Bertz CT molecular complexity index is 675. The van der Waals surface area contributed by atoms with Gasteiger partial charge in [0.2, 0.25) is 0 Å². The van der Waals surface area contributed by atoms with Crippen molar-refractivity contribution in [3.63, 3.8) is 0 Å². The Balaban J connectivity index is 1.65. The lowest BCUT2D eigenvalue weighted by molar-refractivity contribution is 0.238. The second-order valence-electron chi connectivity index (χ2n) is 5.33. The molecule has 3 rings (SSSR count). The fourth-order valence-electron chi connectivity index (χ4n) is 2.61. The van der Waals surface area contributed by atoms with Crippen molar-refractivity contribution in [3.8, 4) is 17.2 Å². The summed E-state index contributed by atoms with van der Waals surface area (Å²) in [7, 11) is 1.51. The van der Waals surface area contributed by atoms with Gasteiger partial charge in [-0.25, -0.2) is 0 Å². The van der Waals surface area contributed by atoms with Gasteiger partial charge in [0.1, 0.15) is 12.4 Å². The standard InChI is InChI=1S/C17H18ClNO3/c1-21-16-7-11(6-14(18)17(16)20)9-19-13-8-12-4-2-3-5-15(12)22-10-13/h2-7,13,19-20H,8-10H2,1H3/t13-/m1/s1. The molecule has 2 N–H and O–H groups in total. The fourth-order valence-corrected chi connectivity index (χ4v) is 2.84. The van der Waals surface area contributed by atoms with Gasteiger partial charge >= 0.3 is 0 Å². The molecule has 1 aliphatic rings. The number of hydrogen-bond donors (Lipinski definition) is 2. The average molecular weight is 320 g/mol. The van der Waals surface area contributed by atoms with Crippen molar-refractivity contribution < 1.29 is 14.6 Å². The van der Waals surface area contributed by atoms with Crippen LogP contribution in [0.1, 0.15) is 11.1 Å². The number of methoxy groups -OCH3 is 1. The zero-order valence-corrected chi connectivity index (χ0v) is 13.1. The summed E-state index contributed by atoms with van der Waals surface area (Å²) in [6, 6.07) is 11.9. The molecule has 0 saturated heterocycles. The van der Waals surface area contributed by atoms with E-state index in [-0.39, 0.29) is 11.8 Å². The van der Waals surface area contributed by atoms with E-state index in [0.29, 0.717) is 23.9 Å². The molecule has 0 aromatic heterocycles. The van der Waals surface area contributed by atoms with E-state index in [0.717, 1.165) is 17.7 Å². The number of halogens is 1. The van der Waals surface area contributed by atoms with E-state index in [1.54, 1.807) is 12.1 Å². The summed E-state index contributed by atoms with van der Waals surface area (Å²) in [4.78, 5) is 0. The summed E-state index contributed by atoms with van der Waals surface area (Å²) in [5, 5.41) is 13.5. The van der Waals surface area contributed by atoms with Crippen LogP contribution in [-0.2, 0) is 13.0 Å². The van der Waals surface area contributed by atoms with Crippen molar-refractivity contribution in [2.45, 2.75) is 19.0 Å². The van der Waals surface area contributed by atoms with Crippen LogP contribution in [0.3, 0.4) is 0 Å². The third-order valence-corrected chi connectivity index (χ3v) is 4.07. The Hall–Kier alpha value is -1.91.